The van der Waals surface area contributed by atoms with E-state index in [4.69, 9.17) is 5.73 Å². The highest BCUT2D eigenvalue weighted by molar-refractivity contribution is 7.09. The fourth-order valence-corrected chi connectivity index (χ4v) is 2.13. The van der Waals surface area contributed by atoms with Crippen LogP contribution in [0.4, 0.5) is 11.4 Å². The fourth-order valence-electron chi connectivity index (χ4n) is 1.48. The summed E-state index contributed by atoms with van der Waals surface area (Å²) in [6.07, 6.45) is 0. The number of hydrogen-bond donors (Lipinski definition) is 2. The molecule has 2 aromatic rings. The minimum atomic E-state index is 0.814. The second-order valence-electron chi connectivity index (χ2n) is 3.51. The Bertz CT molecular complexity index is 435. The Kier molecular flexibility index (Phi) is 2.92. The first-order chi connectivity index (χ1) is 7.25. The van der Waals surface area contributed by atoms with Crippen LogP contribution in [-0.4, -0.2) is 0 Å². The van der Waals surface area contributed by atoms with Gasteiger partial charge < -0.3 is 11.1 Å². The average molecular weight is 218 g/mol. The lowest BCUT2D eigenvalue weighted by Gasteiger charge is -2.08. The van der Waals surface area contributed by atoms with Gasteiger partial charge in [0.1, 0.15) is 0 Å². The molecule has 1 heterocycles. The number of nitrogen functional groups attached to an aromatic ring is 1. The smallest absolute Gasteiger partial charge is 0.0494 e. The Morgan fingerprint density at radius 2 is 2.20 bits per heavy atom. The number of nitrogens with two attached hydrogens (primary N) is 1. The second kappa shape index (κ2) is 4.36. The zero-order chi connectivity index (χ0) is 10.7. The Morgan fingerprint density at radius 3 is 2.87 bits per heavy atom. The molecule has 0 saturated heterocycles. The summed E-state index contributed by atoms with van der Waals surface area (Å²) in [5.41, 5.74) is 8.84. The van der Waals surface area contributed by atoms with Crippen molar-refractivity contribution in [2.45, 2.75) is 13.5 Å². The number of anilines is 2. The maximum atomic E-state index is 5.69. The first-order valence-electron chi connectivity index (χ1n) is 4.88. The molecule has 15 heavy (non-hydrogen) atoms. The zero-order valence-electron chi connectivity index (χ0n) is 8.66. The van der Waals surface area contributed by atoms with Crippen molar-refractivity contribution in [3.05, 3.63) is 46.2 Å². The summed E-state index contributed by atoms with van der Waals surface area (Å²) in [5, 5.41) is 5.49. The lowest BCUT2D eigenvalue weighted by molar-refractivity contribution is 1.18. The summed E-state index contributed by atoms with van der Waals surface area (Å²) < 4.78 is 0. The first-order valence-corrected chi connectivity index (χ1v) is 5.76. The van der Waals surface area contributed by atoms with Gasteiger partial charge in [0.25, 0.3) is 0 Å². The normalized spacial score (nSPS) is 10.2. The van der Waals surface area contributed by atoms with Gasteiger partial charge in [-0.3, -0.25) is 0 Å². The summed E-state index contributed by atoms with van der Waals surface area (Å²) in [4.78, 5) is 1.34. The van der Waals surface area contributed by atoms with Crippen LogP contribution in [0.5, 0.6) is 0 Å². The molecule has 0 aliphatic heterocycles. The molecule has 1 aromatic heterocycles. The third-order valence-corrected chi connectivity index (χ3v) is 3.16. The molecule has 0 bridgehead atoms. The van der Waals surface area contributed by atoms with Crippen molar-refractivity contribution in [1.82, 2.24) is 0 Å². The summed E-state index contributed by atoms with van der Waals surface area (Å²) in [7, 11) is 0. The van der Waals surface area contributed by atoms with Crippen LogP contribution in [-0.2, 0) is 6.54 Å². The molecule has 2 nitrogen and oxygen atoms in total. The fraction of sp³-hybridized carbons (Fsp3) is 0.167. The Labute approximate surface area is 93.7 Å². The topological polar surface area (TPSA) is 38.0 Å². The predicted octanol–water partition coefficient (Wildman–Crippen LogP) is 3.25. The highest BCUT2D eigenvalue weighted by Crippen LogP contribution is 2.19. The van der Waals surface area contributed by atoms with Crippen LogP contribution in [0.15, 0.2) is 35.7 Å². The maximum Gasteiger partial charge on any atom is 0.0494 e. The van der Waals surface area contributed by atoms with Gasteiger partial charge in [-0.2, -0.15) is 0 Å². The van der Waals surface area contributed by atoms with Crippen LogP contribution in [0.25, 0.3) is 0 Å². The number of nitrogens with one attached hydrogen (secondary N) is 1. The van der Waals surface area contributed by atoms with Gasteiger partial charge >= 0.3 is 0 Å². The average Bonchev–Trinajstić information content (AvgIpc) is 2.69. The molecule has 0 atom stereocenters. The Morgan fingerprint density at radius 1 is 1.33 bits per heavy atom. The minimum absolute atomic E-state index is 0.814. The molecule has 0 fully saturated rings. The van der Waals surface area contributed by atoms with Gasteiger partial charge in [-0.1, -0.05) is 6.07 Å². The number of rotatable bonds is 3. The van der Waals surface area contributed by atoms with Gasteiger partial charge in [0.05, 0.1) is 0 Å². The molecule has 2 rings (SSSR count). The molecule has 1 aromatic carbocycles. The van der Waals surface area contributed by atoms with E-state index in [0.717, 1.165) is 17.9 Å². The summed E-state index contributed by atoms with van der Waals surface area (Å²) in [6, 6.07) is 10.1. The molecule has 0 radical (unpaired) electrons. The Balaban J connectivity index is 2.05. The van der Waals surface area contributed by atoms with Crippen molar-refractivity contribution in [2.75, 3.05) is 11.1 Å². The number of thiophene rings is 1. The lowest BCUT2D eigenvalue weighted by Crippen LogP contribution is -1.99. The molecule has 0 saturated carbocycles. The summed E-state index contributed by atoms with van der Waals surface area (Å²) in [6.45, 7) is 2.94. The van der Waals surface area contributed by atoms with E-state index in [2.05, 4.69) is 29.8 Å². The monoisotopic (exact) mass is 218 g/mol. The van der Waals surface area contributed by atoms with Gasteiger partial charge in [0.2, 0.25) is 0 Å². The van der Waals surface area contributed by atoms with E-state index in [9.17, 15) is 0 Å². The van der Waals surface area contributed by atoms with Crippen molar-refractivity contribution in [2.24, 2.45) is 0 Å². The first kappa shape index (κ1) is 10.1. The zero-order valence-corrected chi connectivity index (χ0v) is 9.47. The number of benzene rings is 1. The van der Waals surface area contributed by atoms with Crippen molar-refractivity contribution < 1.29 is 0 Å². The van der Waals surface area contributed by atoms with Gasteiger partial charge in [0, 0.05) is 22.8 Å². The third kappa shape index (κ3) is 2.50. The molecule has 0 aliphatic rings. The van der Waals surface area contributed by atoms with Gasteiger partial charge in [0.15, 0.2) is 0 Å². The van der Waals surface area contributed by atoms with Crippen LogP contribution < -0.4 is 11.1 Å². The van der Waals surface area contributed by atoms with E-state index < -0.39 is 0 Å². The van der Waals surface area contributed by atoms with Crippen LogP contribution in [0, 0.1) is 6.92 Å². The van der Waals surface area contributed by atoms with Crippen molar-refractivity contribution in [1.29, 1.82) is 0 Å². The molecule has 0 unspecified atom stereocenters. The highest BCUT2D eigenvalue weighted by Gasteiger charge is 1.98. The van der Waals surface area contributed by atoms with E-state index in [1.165, 1.54) is 10.4 Å². The van der Waals surface area contributed by atoms with Crippen LogP contribution in [0.1, 0.15) is 10.4 Å². The highest BCUT2D eigenvalue weighted by atomic mass is 32.1. The Hall–Kier alpha value is -1.48. The number of hydrogen-bond acceptors (Lipinski definition) is 3. The molecular formula is C12H14N2S. The SMILES string of the molecule is Cc1cc(N)ccc1NCc1cccs1. The quantitative estimate of drug-likeness (QED) is 0.776. The van der Waals surface area contributed by atoms with E-state index >= 15 is 0 Å². The predicted molar refractivity (Wildman–Crippen MR) is 67.2 cm³/mol. The second-order valence-corrected chi connectivity index (χ2v) is 4.54. The van der Waals surface area contributed by atoms with Crippen molar-refractivity contribution in [3.8, 4) is 0 Å². The van der Waals surface area contributed by atoms with Gasteiger partial charge in [-0.05, 0) is 42.1 Å². The molecule has 0 amide bonds. The van der Waals surface area contributed by atoms with Crippen LogP contribution >= 0.6 is 11.3 Å². The number of aryl methyl sites for hydroxylation is 1. The standard InChI is InChI=1S/C12H14N2S/c1-9-7-10(13)4-5-12(9)14-8-11-3-2-6-15-11/h2-7,14H,8,13H2,1H3. The van der Waals surface area contributed by atoms with E-state index in [1.807, 2.05) is 18.2 Å². The molecular weight excluding hydrogens is 204 g/mol. The third-order valence-electron chi connectivity index (χ3n) is 2.28. The van der Waals surface area contributed by atoms with Crippen LogP contribution in [0.3, 0.4) is 0 Å². The maximum absolute atomic E-state index is 5.69. The van der Waals surface area contributed by atoms with Crippen molar-refractivity contribution >= 4 is 22.7 Å². The largest absolute Gasteiger partial charge is 0.399 e. The molecule has 0 spiro atoms. The summed E-state index contributed by atoms with van der Waals surface area (Å²) >= 11 is 1.76. The van der Waals surface area contributed by atoms with E-state index in [1.54, 1.807) is 11.3 Å². The van der Waals surface area contributed by atoms with E-state index in [-0.39, 0.29) is 0 Å². The molecule has 3 heteroatoms. The lowest BCUT2D eigenvalue weighted by atomic mass is 10.2. The van der Waals surface area contributed by atoms with Crippen molar-refractivity contribution in [3.63, 3.8) is 0 Å². The molecule has 3 N–H and O–H groups in total. The van der Waals surface area contributed by atoms with Gasteiger partial charge in [-0.15, -0.1) is 11.3 Å². The summed E-state index contributed by atoms with van der Waals surface area (Å²) in [5.74, 6) is 0. The van der Waals surface area contributed by atoms with Crippen LogP contribution in [0.2, 0.25) is 0 Å². The minimum Gasteiger partial charge on any atom is -0.399 e. The molecule has 78 valence electrons. The van der Waals surface area contributed by atoms with Gasteiger partial charge in [-0.25, -0.2) is 0 Å². The molecule has 0 aliphatic carbocycles. The van der Waals surface area contributed by atoms with E-state index in [0.29, 0.717) is 0 Å².